The predicted octanol–water partition coefficient (Wildman–Crippen LogP) is 5.64. The van der Waals surface area contributed by atoms with Gasteiger partial charge in [-0.1, -0.05) is 66.7 Å². The van der Waals surface area contributed by atoms with Crippen LogP contribution >= 0.6 is 11.8 Å². The average Bonchev–Trinajstić information content (AvgIpc) is 3.57. The van der Waals surface area contributed by atoms with Crippen LogP contribution in [0.2, 0.25) is 0 Å². The van der Waals surface area contributed by atoms with Gasteiger partial charge in [-0.2, -0.15) is 0 Å². The average molecular weight is 566 g/mol. The summed E-state index contributed by atoms with van der Waals surface area (Å²) in [6.07, 6.45) is 1.61. The van der Waals surface area contributed by atoms with Gasteiger partial charge in [-0.3, -0.25) is 19.3 Å². The minimum Gasteiger partial charge on any atom is -0.437 e. The van der Waals surface area contributed by atoms with Crippen LogP contribution in [0.4, 0.5) is 0 Å². The van der Waals surface area contributed by atoms with Gasteiger partial charge in [-0.05, 0) is 61.1 Å². The molecule has 3 aliphatic heterocycles. The summed E-state index contributed by atoms with van der Waals surface area (Å²) >= 11 is 1.61. The smallest absolute Gasteiger partial charge is 0.328 e. The molecular weight excluding hydrogens is 534 g/mol. The number of fused-ring (bicyclic) bond motifs is 2. The van der Waals surface area contributed by atoms with Gasteiger partial charge < -0.3 is 9.47 Å². The van der Waals surface area contributed by atoms with Gasteiger partial charge in [-0.25, -0.2) is 0 Å². The summed E-state index contributed by atoms with van der Waals surface area (Å²) in [5.74, 6) is -1.02. The van der Waals surface area contributed by atoms with E-state index in [0.717, 1.165) is 0 Å². The maximum atomic E-state index is 14.4. The Balaban J connectivity index is 1.16. The molecule has 41 heavy (non-hydrogen) atoms. The molecule has 1 amide bonds. The van der Waals surface area contributed by atoms with E-state index in [0.29, 0.717) is 25.0 Å². The van der Waals surface area contributed by atoms with Crippen molar-refractivity contribution in [2.45, 2.75) is 67.2 Å². The lowest BCUT2D eigenvalue weighted by Gasteiger charge is -2.46. The van der Waals surface area contributed by atoms with E-state index in [1.54, 1.807) is 40.9 Å². The van der Waals surface area contributed by atoms with Crippen LogP contribution in [-0.4, -0.2) is 45.0 Å². The van der Waals surface area contributed by atoms with Crippen LogP contribution in [0.1, 0.15) is 67.2 Å². The molecule has 0 radical (unpaired) electrons. The Morgan fingerprint density at radius 3 is 2.10 bits per heavy atom. The first kappa shape index (κ1) is 25.2. The van der Waals surface area contributed by atoms with E-state index < -0.39 is 22.4 Å². The zero-order chi connectivity index (χ0) is 28.1. The van der Waals surface area contributed by atoms with Gasteiger partial charge in [0.25, 0.3) is 0 Å². The van der Waals surface area contributed by atoms with E-state index >= 15 is 0 Å². The largest absolute Gasteiger partial charge is 0.437 e. The van der Waals surface area contributed by atoms with Crippen molar-refractivity contribution in [2.24, 2.45) is 11.3 Å². The number of carbonyl (C=O) groups is 3. The first-order valence-corrected chi connectivity index (χ1v) is 15.5. The standard InChI is InChI=1S/C34H31NO5S/c1-19(2)35-31(37)33(32(38)39-20-10-4-3-5-11-20)17-21-18-34(35,30(33)41-21)40-29(36)27-16-26-22-12-6-8-14-24(22)28(27)25-15-9-7-13-23(25)26/h3-15,19,21,26-28,30H,16-18H2,1-2H3. The first-order chi connectivity index (χ1) is 19.8. The summed E-state index contributed by atoms with van der Waals surface area (Å²) in [6, 6.07) is 25.5. The lowest BCUT2D eigenvalue weighted by molar-refractivity contribution is -0.190. The summed E-state index contributed by atoms with van der Waals surface area (Å²) in [6.45, 7) is 3.86. The molecule has 3 aromatic rings. The number of nitrogens with zero attached hydrogens (tertiary/aromatic N) is 1. The second-order valence-corrected chi connectivity index (χ2v) is 13.8. The van der Waals surface area contributed by atoms with E-state index in [1.807, 2.05) is 32.0 Å². The first-order valence-electron chi connectivity index (χ1n) is 14.5. The van der Waals surface area contributed by atoms with Gasteiger partial charge in [0.1, 0.15) is 5.75 Å². The molecule has 208 valence electrons. The molecule has 9 rings (SSSR count). The molecule has 6 nitrogen and oxygen atoms in total. The Labute approximate surface area is 243 Å². The van der Waals surface area contributed by atoms with Crippen LogP contribution < -0.4 is 4.74 Å². The number of amides is 1. The molecule has 4 bridgehead atoms. The fourth-order valence-electron chi connectivity index (χ4n) is 8.58. The molecule has 5 unspecified atom stereocenters. The zero-order valence-electron chi connectivity index (χ0n) is 23.0. The Morgan fingerprint density at radius 2 is 1.49 bits per heavy atom. The molecule has 3 saturated heterocycles. The summed E-state index contributed by atoms with van der Waals surface area (Å²) in [5.41, 5.74) is 2.43. The lowest BCUT2D eigenvalue weighted by Crippen LogP contribution is -2.57. The highest BCUT2D eigenvalue weighted by molar-refractivity contribution is 8.01. The van der Waals surface area contributed by atoms with E-state index in [9.17, 15) is 14.4 Å². The molecule has 0 saturated carbocycles. The van der Waals surface area contributed by atoms with Crippen molar-refractivity contribution in [2.75, 3.05) is 0 Å². The van der Waals surface area contributed by atoms with E-state index in [2.05, 4.69) is 36.4 Å². The van der Waals surface area contributed by atoms with Gasteiger partial charge in [-0.15, -0.1) is 11.8 Å². The lowest BCUT2D eigenvalue weighted by atomic mass is 9.59. The van der Waals surface area contributed by atoms with Gasteiger partial charge in [0.05, 0.1) is 11.2 Å². The number of ether oxygens (including phenoxy) is 2. The minimum absolute atomic E-state index is 0.0353. The van der Waals surface area contributed by atoms with Gasteiger partial charge in [0.2, 0.25) is 11.6 Å². The molecule has 0 spiro atoms. The van der Waals surface area contributed by atoms with Crippen molar-refractivity contribution in [3.05, 3.63) is 101 Å². The molecule has 0 N–H and O–H groups in total. The fraction of sp³-hybridized carbons (Fsp3) is 0.382. The third kappa shape index (κ3) is 3.24. The number of likely N-dealkylation sites (tertiary alicyclic amines) is 1. The summed E-state index contributed by atoms with van der Waals surface area (Å²) < 4.78 is 12.5. The van der Waals surface area contributed by atoms with Crippen molar-refractivity contribution in [3.63, 3.8) is 0 Å². The van der Waals surface area contributed by atoms with Gasteiger partial charge >= 0.3 is 11.9 Å². The van der Waals surface area contributed by atoms with Crippen LogP contribution in [0, 0.1) is 11.3 Å². The number of rotatable bonds is 5. The predicted molar refractivity (Wildman–Crippen MR) is 154 cm³/mol. The molecule has 6 aliphatic rings. The molecular formula is C34H31NO5S. The van der Waals surface area contributed by atoms with Crippen LogP contribution in [-0.2, 0) is 19.1 Å². The second kappa shape index (κ2) is 8.71. The summed E-state index contributed by atoms with van der Waals surface area (Å²) in [7, 11) is 0. The Kier molecular flexibility index (Phi) is 5.35. The highest BCUT2D eigenvalue weighted by atomic mass is 32.2. The summed E-state index contributed by atoms with van der Waals surface area (Å²) in [4.78, 5) is 44.2. The van der Waals surface area contributed by atoms with E-state index in [-0.39, 0.29) is 40.9 Å². The van der Waals surface area contributed by atoms with E-state index in [1.165, 1.54) is 22.3 Å². The van der Waals surface area contributed by atoms with Crippen molar-refractivity contribution < 1.29 is 23.9 Å². The number of para-hydroxylation sites is 1. The maximum absolute atomic E-state index is 14.4. The van der Waals surface area contributed by atoms with Crippen LogP contribution in [0.25, 0.3) is 0 Å². The molecule has 3 fully saturated rings. The third-order valence-corrected chi connectivity index (χ3v) is 11.7. The molecule has 3 aliphatic carbocycles. The zero-order valence-corrected chi connectivity index (χ0v) is 23.8. The monoisotopic (exact) mass is 565 g/mol. The number of carbonyl (C=O) groups excluding carboxylic acids is 3. The van der Waals surface area contributed by atoms with E-state index in [4.69, 9.17) is 9.47 Å². The maximum Gasteiger partial charge on any atom is 0.328 e. The second-order valence-electron chi connectivity index (χ2n) is 12.4. The SMILES string of the molecule is CC(C)N1C(=O)C2(C(=O)Oc3ccccc3)CC3CC1(OC(=O)C1CC4c5ccccc5C1c1ccccc14)C2S3. The topological polar surface area (TPSA) is 72.9 Å². The van der Waals surface area contributed by atoms with Crippen LogP contribution in [0.5, 0.6) is 5.75 Å². The minimum atomic E-state index is -1.36. The van der Waals surface area contributed by atoms with Crippen molar-refractivity contribution in [3.8, 4) is 5.75 Å². The fourth-order valence-corrected chi connectivity index (χ4v) is 10.7. The normalized spacial score (nSPS) is 33.6. The number of thioether (sulfide) groups is 1. The molecule has 3 heterocycles. The van der Waals surface area contributed by atoms with Crippen molar-refractivity contribution in [1.29, 1.82) is 0 Å². The molecule has 3 aromatic carbocycles. The molecule has 7 heteroatoms. The van der Waals surface area contributed by atoms with Crippen LogP contribution in [0.15, 0.2) is 78.9 Å². The number of benzene rings is 3. The Morgan fingerprint density at radius 1 is 0.878 bits per heavy atom. The highest BCUT2D eigenvalue weighted by Gasteiger charge is 2.81. The highest BCUT2D eigenvalue weighted by Crippen LogP contribution is 2.69. The molecule has 0 aromatic heterocycles. The Bertz CT molecular complexity index is 1560. The van der Waals surface area contributed by atoms with Gasteiger partial charge in [0, 0.05) is 29.5 Å². The number of hydrogen-bond donors (Lipinski definition) is 0. The number of hydrogen-bond acceptors (Lipinski definition) is 6. The molecule has 5 atom stereocenters. The quantitative estimate of drug-likeness (QED) is 0.226. The van der Waals surface area contributed by atoms with Gasteiger partial charge in [0.15, 0.2) is 5.41 Å². The third-order valence-electron chi connectivity index (χ3n) is 9.98. The van der Waals surface area contributed by atoms with Crippen molar-refractivity contribution >= 4 is 29.6 Å². The number of esters is 2. The van der Waals surface area contributed by atoms with Crippen LogP contribution in [0.3, 0.4) is 0 Å². The Hall–Kier alpha value is -3.58. The summed E-state index contributed by atoms with van der Waals surface area (Å²) in [5, 5.41) is -0.469. The van der Waals surface area contributed by atoms with Crippen molar-refractivity contribution in [1.82, 2.24) is 4.90 Å².